The van der Waals surface area contributed by atoms with E-state index in [1.165, 1.54) is 31.2 Å². The van der Waals surface area contributed by atoms with Crippen molar-refractivity contribution < 1.29 is 4.79 Å². The fraction of sp³-hybridized carbons (Fsp3) is 0.471. The van der Waals surface area contributed by atoms with Gasteiger partial charge in [-0.1, -0.05) is 37.5 Å². The van der Waals surface area contributed by atoms with Gasteiger partial charge in [0.2, 0.25) is 0 Å². The van der Waals surface area contributed by atoms with Crippen LogP contribution in [0.5, 0.6) is 0 Å². The summed E-state index contributed by atoms with van der Waals surface area (Å²) in [6, 6.07) is 5.97. The van der Waals surface area contributed by atoms with Gasteiger partial charge in [0, 0.05) is 6.54 Å². The molecule has 1 amide bonds. The van der Waals surface area contributed by atoms with E-state index < -0.39 is 0 Å². The first-order valence-corrected chi connectivity index (χ1v) is 8.04. The van der Waals surface area contributed by atoms with Crippen LogP contribution in [0.2, 0.25) is 0 Å². The Bertz CT molecular complexity index is 599. The van der Waals surface area contributed by atoms with Crippen molar-refractivity contribution in [2.75, 3.05) is 6.54 Å². The smallest absolute Gasteiger partial charge is 0.253 e. The highest BCUT2D eigenvalue weighted by Gasteiger charge is 2.13. The van der Waals surface area contributed by atoms with Gasteiger partial charge in [-0.05, 0) is 37.5 Å². The van der Waals surface area contributed by atoms with Crippen LogP contribution >= 0.6 is 12.4 Å². The number of hydrogen-bond acceptors (Lipinski definition) is 3. The normalized spacial score (nSPS) is 10.2. The number of nitrogens with zero attached hydrogens (tertiary/aromatic N) is 3. The van der Waals surface area contributed by atoms with E-state index in [0.29, 0.717) is 12.1 Å². The number of rotatable bonds is 8. The Morgan fingerprint density at radius 3 is 2.70 bits per heavy atom. The van der Waals surface area contributed by atoms with Gasteiger partial charge in [0.25, 0.3) is 5.91 Å². The third-order valence-corrected chi connectivity index (χ3v) is 3.63. The van der Waals surface area contributed by atoms with E-state index in [9.17, 15) is 4.79 Å². The number of halogens is 1. The summed E-state index contributed by atoms with van der Waals surface area (Å²) in [5.74, 6) is -0.0782. The fourth-order valence-electron chi connectivity index (χ4n) is 2.46. The second-order valence-corrected chi connectivity index (χ2v) is 5.37. The van der Waals surface area contributed by atoms with E-state index in [4.69, 9.17) is 0 Å². The summed E-state index contributed by atoms with van der Waals surface area (Å²) in [6.45, 7) is 4.73. The number of nitrogens with one attached hydrogen (secondary N) is 1. The summed E-state index contributed by atoms with van der Waals surface area (Å²) in [4.78, 5) is 12.2. The Morgan fingerprint density at radius 2 is 2.04 bits per heavy atom. The van der Waals surface area contributed by atoms with Crippen LogP contribution in [0, 0.1) is 0 Å². The summed E-state index contributed by atoms with van der Waals surface area (Å²) in [7, 11) is 0. The van der Waals surface area contributed by atoms with E-state index in [2.05, 4.69) is 22.6 Å². The molecule has 0 aliphatic heterocycles. The standard InChI is InChI=1S/C17H24N4O.ClH/c1-3-5-6-7-8-14-9-10-15(17(22)18-4-2)16(13-14)21-12-11-19-20-21;/h9-13H,3-8H2,1-2H3,(H,18,22);1H. The summed E-state index contributed by atoms with van der Waals surface area (Å²) in [6.07, 6.45) is 9.33. The molecule has 1 aromatic carbocycles. The summed E-state index contributed by atoms with van der Waals surface area (Å²) >= 11 is 0. The fourth-order valence-corrected chi connectivity index (χ4v) is 2.46. The number of aromatic nitrogens is 3. The quantitative estimate of drug-likeness (QED) is 0.750. The minimum absolute atomic E-state index is 0. The summed E-state index contributed by atoms with van der Waals surface area (Å²) in [5, 5.41) is 10.7. The van der Waals surface area contributed by atoms with Crippen LogP contribution in [0.4, 0.5) is 0 Å². The van der Waals surface area contributed by atoms with E-state index in [1.807, 2.05) is 25.1 Å². The Kier molecular flexibility index (Phi) is 8.33. The van der Waals surface area contributed by atoms with Crippen LogP contribution in [0.25, 0.3) is 5.69 Å². The van der Waals surface area contributed by atoms with E-state index in [1.54, 1.807) is 17.1 Å². The maximum atomic E-state index is 12.2. The molecule has 0 bridgehead atoms. The van der Waals surface area contributed by atoms with Crippen LogP contribution in [-0.4, -0.2) is 27.4 Å². The Morgan fingerprint density at radius 1 is 1.22 bits per heavy atom. The third kappa shape index (κ3) is 5.36. The number of aryl methyl sites for hydroxylation is 1. The minimum atomic E-state index is -0.0782. The van der Waals surface area contributed by atoms with Gasteiger partial charge in [-0.2, -0.15) is 0 Å². The molecule has 5 nitrogen and oxygen atoms in total. The molecule has 6 heteroatoms. The SMILES string of the molecule is CCCCCCc1ccc(C(=O)NCC)c(-n2ccnn2)c1.Cl. The van der Waals surface area contributed by atoms with Gasteiger partial charge in [0.15, 0.2) is 0 Å². The molecular weight excluding hydrogens is 312 g/mol. The molecule has 0 saturated heterocycles. The predicted octanol–water partition coefficient (Wildman–Crippen LogP) is 3.56. The first-order valence-electron chi connectivity index (χ1n) is 8.04. The van der Waals surface area contributed by atoms with Crippen LogP contribution in [-0.2, 0) is 6.42 Å². The number of unbranched alkanes of at least 4 members (excludes halogenated alkanes) is 3. The average Bonchev–Trinajstić information content (AvgIpc) is 3.06. The van der Waals surface area contributed by atoms with Crippen molar-refractivity contribution in [3.63, 3.8) is 0 Å². The predicted molar refractivity (Wildman–Crippen MR) is 94.5 cm³/mol. The number of hydrogen-bond donors (Lipinski definition) is 1. The summed E-state index contributed by atoms with van der Waals surface area (Å²) < 4.78 is 1.65. The monoisotopic (exact) mass is 336 g/mol. The Balaban J connectivity index is 0.00000264. The van der Waals surface area contributed by atoms with E-state index in [-0.39, 0.29) is 18.3 Å². The third-order valence-electron chi connectivity index (χ3n) is 3.63. The van der Waals surface area contributed by atoms with Gasteiger partial charge in [0.05, 0.1) is 23.6 Å². The molecule has 0 fully saturated rings. The van der Waals surface area contributed by atoms with Crippen LogP contribution in [0.15, 0.2) is 30.6 Å². The second-order valence-electron chi connectivity index (χ2n) is 5.37. The van der Waals surface area contributed by atoms with E-state index >= 15 is 0 Å². The van der Waals surface area contributed by atoms with Gasteiger partial charge in [-0.25, -0.2) is 4.68 Å². The zero-order valence-electron chi connectivity index (χ0n) is 13.8. The van der Waals surface area contributed by atoms with Gasteiger partial charge >= 0.3 is 0 Å². The molecule has 0 radical (unpaired) electrons. The van der Waals surface area contributed by atoms with Crippen molar-refractivity contribution in [2.24, 2.45) is 0 Å². The van der Waals surface area contributed by atoms with Gasteiger partial charge in [-0.3, -0.25) is 4.79 Å². The van der Waals surface area contributed by atoms with Crippen LogP contribution in [0.3, 0.4) is 0 Å². The van der Waals surface area contributed by atoms with Gasteiger partial charge in [0.1, 0.15) is 0 Å². The topological polar surface area (TPSA) is 59.8 Å². The van der Waals surface area contributed by atoms with Gasteiger partial charge in [-0.15, -0.1) is 17.5 Å². The molecule has 0 spiro atoms. The van der Waals surface area contributed by atoms with Crippen molar-refractivity contribution in [1.29, 1.82) is 0 Å². The first kappa shape index (κ1) is 19.2. The van der Waals surface area contributed by atoms with Crippen molar-refractivity contribution >= 4 is 18.3 Å². The molecule has 1 heterocycles. The molecular formula is C17H25ClN4O. The molecule has 0 atom stereocenters. The zero-order chi connectivity index (χ0) is 15.8. The molecule has 2 rings (SSSR count). The Labute approximate surface area is 143 Å². The number of amides is 1. The van der Waals surface area contributed by atoms with Gasteiger partial charge < -0.3 is 5.32 Å². The van der Waals surface area contributed by atoms with Crippen molar-refractivity contribution in [1.82, 2.24) is 20.3 Å². The lowest BCUT2D eigenvalue weighted by Gasteiger charge is -2.11. The molecule has 1 aromatic heterocycles. The highest BCUT2D eigenvalue weighted by Crippen LogP contribution is 2.18. The lowest BCUT2D eigenvalue weighted by atomic mass is 10.0. The van der Waals surface area contributed by atoms with Crippen molar-refractivity contribution in [2.45, 2.75) is 46.0 Å². The first-order chi connectivity index (χ1) is 10.8. The Hall–Kier alpha value is -1.88. The second kappa shape index (κ2) is 10.0. The average molecular weight is 337 g/mol. The lowest BCUT2D eigenvalue weighted by Crippen LogP contribution is -2.24. The molecule has 23 heavy (non-hydrogen) atoms. The number of carbonyl (C=O) groups is 1. The molecule has 1 N–H and O–H groups in total. The largest absolute Gasteiger partial charge is 0.352 e. The molecule has 2 aromatic rings. The van der Waals surface area contributed by atoms with Crippen molar-refractivity contribution in [3.05, 3.63) is 41.7 Å². The molecule has 0 saturated carbocycles. The number of benzene rings is 1. The molecule has 0 unspecified atom stereocenters. The maximum absolute atomic E-state index is 12.2. The van der Waals surface area contributed by atoms with Crippen LogP contribution in [0.1, 0.15) is 55.5 Å². The highest BCUT2D eigenvalue weighted by atomic mass is 35.5. The molecule has 0 aliphatic rings. The van der Waals surface area contributed by atoms with Crippen LogP contribution < -0.4 is 5.32 Å². The lowest BCUT2D eigenvalue weighted by molar-refractivity contribution is 0.0955. The highest BCUT2D eigenvalue weighted by molar-refractivity contribution is 5.97. The minimum Gasteiger partial charge on any atom is -0.352 e. The molecule has 126 valence electrons. The zero-order valence-corrected chi connectivity index (χ0v) is 14.6. The van der Waals surface area contributed by atoms with E-state index in [0.717, 1.165) is 12.1 Å². The summed E-state index contributed by atoms with van der Waals surface area (Å²) in [5.41, 5.74) is 2.65. The maximum Gasteiger partial charge on any atom is 0.253 e. The number of carbonyl (C=O) groups excluding carboxylic acids is 1. The van der Waals surface area contributed by atoms with Crippen molar-refractivity contribution in [3.8, 4) is 5.69 Å². The molecule has 0 aliphatic carbocycles.